The van der Waals surface area contributed by atoms with E-state index in [1.165, 1.54) is 0 Å². The number of carbonyl (C=O) groups is 1. The topological polar surface area (TPSA) is 70.1 Å². The van der Waals surface area contributed by atoms with Crippen LogP contribution in [-0.2, 0) is 4.79 Å². The van der Waals surface area contributed by atoms with Gasteiger partial charge in [-0.05, 0) is 6.92 Å². The zero-order valence-electron chi connectivity index (χ0n) is 13.2. The van der Waals surface area contributed by atoms with Crippen molar-refractivity contribution in [1.29, 1.82) is 0 Å². The third-order valence-corrected chi connectivity index (χ3v) is 3.05. The van der Waals surface area contributed by atoms with E-state index < -0.39 is 0 Å². The first-order valence-corrected chi connectivity index (χ1v) is 6.87. The second-order valence-electron chi connectivity index (χ2n) is 5.27. The molecule has 1 aromatic rings. The summed E-state index contributed by atoms with van der Waals surface area (Å²) in [4.78, 5) is 22.2. The largest absolute Gasteiger partial charge is 0.373 e. The first-order valence-electron chi connectivity index (χ1n) is 6.87. The maximum Gasteiger partial charge on any atom is 0.223 e. The van der Waals surface area contributed by atoms with Crippen molar-refractivity contribution in [1.82, 2.24) is 14.9 Å². The summed E-state index contributed by atoms with van der Waals surface area (Å²) in [6.45, 7) is 6.65. The van der Waals surface area contributed by atoms with E-state index in [-0.39, 0.29) is 11.8 Å². The zero-order valence-corrected chi connectivity index (χ0v) is 13.2. The maximum absolute atomic E-state index is 11.6. The fraction of sp³-hybridized carbons (Fsp3) is 0.643. The van der Waals surface area contributed by atoms with Crippen LogP contribution in [0.4, 0.5) is 11.6 Å². The molecular weight excluding hydrogens is 254 g/mol. The fourth-order valence-electron chi connectivity index (χ4n) is 1.72. The van der Waals surface area contributed by atoms with E-state index in [1.807, 2.05) is 14.0 Å². The fourth-order valence-corrected chi connectivity index (χ4v) is 1.72. The molecule has 0 saturated heterocycles. The number of amides is 1. The number of hydrogen-bond acceptors (Lipinski definition) is 5. The summed E-state index contributed by atoms with van der Waals surface area (Å²) < 4.78 is 0. The monoisotopic (exact) mass is 279 g/mol. The summed E-state index contributed by atoms with van der Waals surface area (Å²) in [5.74, 6) is 2.76. The lowest BCUT2D eigenvalue weighted by Crippen LogP contribution is -2.24. The van der Waals surface area contributed by atoms with Crippen LogP contribution in [0.5, 0.6) is 0 Å². The predicted octanol–water partition coefficient (Wildman–Crippen LogP) is 1.84. The predicted molar refractivity (Wildman–Crippen MR) is 82.2 cm³/mol. The highest BCUT2D eigenvalue weighted by atomic mass is 16.2. The van der Waals surface area contributed by atoms with Crippen molar-refractivity contribution in [2.75, 3.05) is 38.3 Å². The molecule has 112 valence electrons. The Kier molecular flexibility index (Phi) is 5.73. The SMILES string of the molecule is CNc1nc(C(C)C)nc(NCCC(=O)N(C)C)c1C. The lowest BCUT2D eigenvalue weighted by Gasteiger charge is -2.15. The van der Waals surface area contributed by atoms with Gasteiger partial charge in [0.2, 0.25) is 5.91 Å². The van der Waals surface area contributed by atoms with Gasteiger partial charge < -0.3 is 15.5 Å². The van der Waals surface area contributed by atoms with Gasteiger partial charge in [-0.25, -0.2) is 9.97 Å². The Morgan fingerprint density at radius 1 is 1.25 bits per heavy atom. The van der Waals surface area contributed by atoms with Crippen LogP contribution in [0.3, 0.4) is 0 Å². The minimum absolute atomic E-state index is 0.0992. The van der Waals surface area contributed by atoms with Gasteiger partial charge in [-0.1, -0.05) is 13.8 Å². The number of nitrogens with zero attached hydrogens (tertiary/aromatic N) is 3. The Morgan fingerprint density at radius 3 is 2.35 bits per heavy atom. The van der Waals surface area contributed by atoms with Gasteiger partial charge >= 0.3 is 0 Å². The van der Waals surface area contributed by atoms with E-state index in [9.17, 15) is 4.79 Å². The highest BCUT2D eigenvalue weighted by Crippen LogP contribution is 2.22. The van der Waals surface area contributed by atoms with Crippen molar-refractivity contribution in [3.63, 3.8) is 0 Å². The highest BCUT2D eigenvalue weighted by Gasteiger charge is 2.12. The van der Waals surface area contributed by atoms with Crippen molar-refractivity contribution in [3.05, 3.63) is 11.4 Å². The molecule has 0 fully saturated rings. The van der Waals surface area contributed by atoms with Gasteiger partial charge in [0.1, 0.15) is 17.5 Å². The molecule has 1 rings (SSSR count). The van der Waals surface area contributed by atoms with Gasteiger partial charge in [-0.3, -0.25) is 4.79 Å². The zero-order chi connectivity index (χ0) is 15.3. The van der Waals surface area contributed by atoms with Crippen LogP contribution in [0.1, 0.15) is 37.6 Å². The molecule has 1 aromatic heterocycles. The van der Waals surface area contributed by atoms with Gasteiger partial charge in [0.05, 0.1) is 0 Å². The van der Waals surface area contributed by atoms with Crippen molar-refractivity contribution in [2.45, 2.75) is 33.1 Å². The summed E-state index contributed by atoms with van der Waals surface area (Å²) >= 11 is 0. The van der Waals surface area contributed by atoms with Crippen LogP contribution in [0.2, 0.25) is 0 Å². The third-order valence-electron chi connectivity index (χ3n) is 3.05. The Bertz CT molecular complexity index is 471. The number of aromatic nitrogens is 2. The molecule has 6 heteroatoms. The lowest BCUT2D eigenvalue weighted by molar-refractivity contribution is -0.128. The van der Waals surface area contributed by atoms with Gasteiger partial charge in [0.15, 0.2) is 0 Å². The number of anilines is 2. The summed E-state index contributed by atoms with van der Waals surface area (Å²) in [6, 6.07) is 0. The lowest BCUT2D eigenvalue weighted by atomic mass is 10.2. The number of carbonyl (C=O) groups excluding carboxylic acids is 1. The highest BCUT2D eigenvalue weighted by molar-refractivity contribution is 5.76. The van der Waals surface area contributed by atoms with Gasteiger partial charge in [0, 0.05) is 45.6 Å². The standard InChI is InChI=1S/C14H25N5O/c1-9(2)12-17-13(15-4)10(3)14(18-12)16-8-7-11(20)19(5)6/h9H,7-8H2,1-6H3,(H2,15,16,17,18). The van der Waals surface area contributed by atoms with Crippen LogP contribution in [0, 0.1) is 6.92 Å². The van der Waals surface area contributed by atoms with Crippen molar-refractivity contribution >= 4 is 17.5 Å². The third kappa shape index (κ3) is 4.08. The van der Waals surface area contributed by atoms with E-state index in [2.05, 4.69) is 34.4 Å². The Morgan fingerprint density at radius 2 is 1.85 bits per heavy atom. The molecule has 20 heavy (non-hydrogen) atoms. The Labute approximate surface area is 121 Å². The van der Waals surface area contributed by atoms with Crippen LogP contribution < -0.4 is 10.6 Å². The van der Waals surface area contributed by atoms with E-state index in [4.69, 9.17) is 0 Å². The molecule has 1 heterocycles. The molecule has 0 saturated carbocycles. The second-order valence-corrected chi connectivity index (χ2v) is 5.27. The van der Waals surface area contributed by atoms with Crippen molar-refractivity contribution in [2.24, 2.45) is 0 Å². The summed E-state index contributed by atoms with van der Waals surface area (Å²) in [7, 11) is 5.36. The normalized spacial score (nSPS) is 10.6. The molecule has 0 spiro atoms. The first kappa shape index (κ1) is 16.2. The number of rotatable bonds is 6. The quantitative estimate of drug-likeness (QED) is 0.831. The molecule has 2 N–H and O–H groups in total. The van der Waals surface area contributed by atoms with Crippen LogP contribution in [-0.4, -0.2) is 48.5 Å². The molecule has 0 unspecified atom stereocenters. The van der Waals surface area contributed by atoms with Crippen molar-refractivity contribution in [3.8, 4) is 0 Å². The number of hydrogen-bond donors (Lipinski definition) is 2. The van der Waals surface area contributed by atoms with E-state index in [1.54, 1.807) is 19.0 Å². The van der Waals surface area contributed by atoms with Crippen molar-refractivity contribution < 1.29 is 4.79 Å². The van der Waals surface area contributed by atoms with E-state index in [0.717, 1.165) is 23.0 Å². The molecule has 0 radical (unpaired) electrons. The smallest absolute Gasteiger partial charge is 0.223 e. The molecule has 0 aromatic carbocycles. The van der Waals surface area contributed by atoms with E-state index >= 15 is 0 Å². The molecule has 6 nitrogen and oxygen atoms in total. The summed E-state index contributed by atoms with van der Waals surface area (Å²) in [6.07, 6.45) is 0.447. The molecule has 0 aliphatic carbocycles. The molecule has 0 atom stereocenters. The molecular formula is C14H25N5O. The van der Waals surface area contributed by atoms with Crippen LogP contribution in [0.15, 0.2) is 0 Å². The minimum atomic E-state index is 0.0992. The van der Waals surface area contributed by atoms with Crippen LogP contribution >= 0.6 is 0 Å². The minimum Gasteiger partial charge on any atom is -0.373 e. The molecule has 0 bridgehead atoms. The summed E-state index contributed by atoms with van der Waals surface area (Å²) in [5.41, 5.74) is 0.967. The second kappa shape index (κ2) is 7.07. The first-order chi connectivity index (χ1) is 9.36. The van der Waals surface area contributed by atoms with Crippen LogP contribution in [0.25, 0.3) is 0 Å². The maximum atomic E-state index is 11.6. The average Bonchev–Trinajstić information content (AvgIpc) is 2.39. The van der Waals surface area contributed by atoms with E-state index in [0.29, 0.717) is 13.0 Å². The Balaban J connectivity index is 2.83. The van der Waals surface area contributed by atoms with Gasteiger partial charge in [-0.15, -0.1) is 0 Å². The molecule has 0 aliphatic rings. The van der Waals surface area contributed by atoms with Gasteiger partial charge in [-0.2, -0.15) is 0 Å². The summed E-state index contributed by atoms with van der Waals surface area (Å²) in [5, 5.41) is 6.31. The molecule has 1 amide bonds. The van der Waals surface area contributed by atoms with Gasteiger partial charge in [0.25, 0.3) is 0 Å². The molecule has 0 aliphatic heterocycles. The average molecular weight is 279 g/mol. The Hall–Kier alpha value is -1.85. The number of nitrogens with one attached hydrogen (secondary N) is 2.